The molecule has 1 aliphatic heterocycles. The van der Waals surface area contributed by atoms with E-state index in [2.05, 4.69) is 0 Å². The van der Waals surface area contributed by atoms with E-state index in [1.54, 1.807) is 18.2 Å². The molecule has 0 fully saturated rings. The van der Waals surface area contributed by atoms with E-state index in [1.807, 2.05) is 78.6 Å². The molecular weight excluding hydrogens is 415 g/mol. The van der Waals surface area contributed by atoms with E-state index in [0.29, 0.717) is 17.8 Å². The summed E-state index contributed by atoms with van der Waals surface area (Å²) in [4.78, 5) is 30.8. The van der Waals surface area contributed by atoms with Gasteiger partial charge in [-0.1, -0.05) is 66.7 Å². The van der Waals surface area contributed by atoms with Gasteiger partial charge in [0.05, 0.1) is 11.3 Å². The molecule has 4 aromatic carbocycles. The molecule has 0 N–H and O–H groups in total. The van der Waals surface area contributed by atoms with Gasteiger partial charge in [-0.3, -0.25) is 9.59 Å². The van der Waals surface area contributed by atoms with E-state index in [-0.39, 0.29) is 11.3 Å². The van der Waals surface area contributed by atoms with Gasteiger partial charge in [0.25, 0.3) is 11.8 Å². The average Bonchev–Trinajstić information content (AvgIpc) is 3.10. The molecule has 1 aliphatic rings. The molecule has 0 saturated carbocycles. The minimum atomic E-state index is -0.424. The first kappa shape index (κ1) is 20.6. The fourth-order valence-electron chi connectivity index (χ4n) is 4.35. The molecule has 5 rings (SSSR count). The van der Waals surface area contributed by atoms with E-state index in [9.17, 15) is 14.0 Å². The maximum Gasteiger partial charge on any atom is 0.282 e. The molecule has 4 nitrogen and oxygen atoms in total. The molecular formula is C28H21FN2O2. The highest BCUT2D eigenvalue weighted by molar-refractivity contribution is 6.47. The number of carbonyl (C=O) groups is 2. The fraction of sp³-hybridized carbons (Fsp3) is 0.0714. The smallest absolute Gasteiger partial charge is 0.282 e. The quantitative estimate of drug-likeness (QED) is 0.372. The van der Waals surface area contributed by atoms with Crippen molar-refractivity contribution in [1.29, 1.82) is 0 Å². The number of likely N-dealkylation sites (N-methyl/N-ethyl adjacent to an activating group) is 1. The Labute approximate surface area is 191 Å². The third-order valence-corrected chi connectivity index (χ3v) is 5.85. The molecule has 4 aromatic rings. The molecule has 0 bridgehead atoms. The number of para-hydroxylation sites is 1. The molecule has 2 amide bonds. The molecule has 5 heteroatoms. The molecule has 33 heavy (non-hydrogen) atoms. The zero-order valence-electron chi connectivity index (χ0n) is 18.0. The number of hydrogen-bond acceptors (Lipinski definition) is 3. The molecule has 1 heterocycles. The van der Waals surface area contributed by atoms with E-state index in [1.165, 1.54) is 17.0 Å². The molecule has 162 valence electrons. The van der Waals surface area contributed by atoms with E-state index >= 15 is 0 Å². The second-order valence-electron chi connectivity index (χ2n) is 7.75. The Morgan fingerprint density at radius 1 is 0.758 bits per heavy atom. The summed E-state index contributed by atoms with van der Waals surface area (Å²) in [6.07, 6.45) is 0. The third kappa shape index (κ3) is 3.48. The van der Waals surface area contributed by atoms with Gasteiger partial charge in [0.1, 0.15) is 11.5 Å². The molecule has 0 unspecified atom stereocenters. The van der Waals surface area contributed by atoms with Crippen LogP contribution in [0.5, 0.6) is 0 Å². The van der Waals surface area contributed by atoms with Gasteiger partial charge in [-0.2, -0.15) is 0 Å². The Hall–Kier alpha value is -4.25. The highest BCUT2D eigenvalue weighted by Gasteiger charge is 2.43. The predicted octanol–water partition coefficient (Wildman–Crippen LogP) is 5.79. The Morgan fingerprint density at radius 2 is 1.42 bits per heavy atom. The molecule has 0 saturated heterocycles. The van der Waals surface area contributed by atoms with Gasteiger partial charge >= 0.3 is 0 Å². The molecule has 0 aliphatic carbocycles. The van der Waals surface area contributed by atoms with Gasteiger partial charge in [0.2, 0.25) is 0 Å². The summed E-state index contributed by atoms with van der Waals surface area (Å²) in [5, 5.41) is 1.74. The van der Waals surface area contributed by atoms with Gasteiger partial charge in [-0.05, 0) is 48.2 Å². The number of imide groups is 1. The van der Waals surface area contributed by atoms with Crippen LogP contribution >= 0.6 is 0 Å². The topological polar surface area (TPSA) is 40.6 Å². The molecule has 0 aromatic heterocycles. The van der Waals surface area contributed by atoms with Crippen LogP contribution in [-0.2, 0) is 9.59 Å². The second-order valence-corrected chi connectivity index (χ2v) is 7.75. The highest BCUT2D eigenvalue weighted by Crippen LogP contribution is 2.39. The monoisotopic (exact) mass is 436 g/mol. The van der Waals surface area contributed by atoms with Gasteiger partial charge in [0.15, 0.2) is 0 Å². The first-order valence-corrected chi connectivity index (χ1v) is 10.8. The standard InChI is InChI=1S/C28H21FN2O2/c1-2-30(22-11-4-3-5-12-22)26-25(20-15-17-21(29)18-16-20)27(32)31(28(26)33)24-14-8-10-19-9-6-7-13-23(19)24/h3-18H,2H2,1H3. The number of carbonyl (C=O) groups excluding carboxylic acids is 2. The Balaban J connectivity index is 1.73. The predicted molar refractivity (Wildman–Crippen MR) is 129 cm³/mol. The van der Waals surface area contributed by atoms with Crippen LogP contribution in [0.25, 0.3) is 16.3 Å². The summed E-state index contributed by atoms with van der Waals surface area (Å²) >= 11 is 0. The number of fused-ring (bicyclic) bond motifs is 1. The number of amides is 2. The summed E-state index contributed by atoms with van der Waals surface area (Å²) in [7, 11) is 0. The van der Waals surface area contributed by atoms with Crippen LogP contribution in [0, 0.1) is 5.82 Å². The van der Waals surface area contributed by atoms with E-state index in [4.69, 9.17) is 0 Å². The van der Waals surface area contributed by atoms with Crippen LogP contribution < -0.4 is 9.80 Å². The summed E-state index contributed by atoms with van der Waals surface area (Å²) < 4.78 is 13.7. The zero-order chi connectivity index (χ0) is 22.9. The first-order chi connectivity index (χ1) is 16.1. The van der Waals surface area contributed by atoms with Gasteiger partial charge in [-0.15, -0.1) is 0 Å². The van der Waals surface area contributed by atoms with Crippen molar-refractivity contribution in [3.63, 3.8) is 0 Å². The first-order valence-electron chi connectivity index (χ1n) is 10.8. The summed E-state index contributed by atoms with van der Waals surface area (Å²) in [5.74, 6) is -1.23. The SMILES string of the molecule is CCN(C1=C(c2ccc(F)cc2)C(=O)N(c2cccc3ccccc23)C1=O)c1ccccc1. The van der Waals surface area contributed by atoms with Gasteiger partial charge in [-0.25, -0.2) is 9.29 Å². The van der Waals surface area contributed by atoms with Crippen molar-refractivity contribution in [2.45, 2.75) is 6.92 Å². The number of hydrogen-bond donors (Lipinski definition) is 0. The van der Waals surface area contributed by atoms with Crippen molar-refractivity contribution in [3.05, 3.63) is 114 Å². The third-order valence-electron chi connectivity index (χ3n) is 5.85. The summed E-state index contributed by atoms with van der Waals surface area (Å²) in [6.45, 7) is 2.41. The zero-order valence-corrected chi connectivity index (χ0v) is 18.0. The Bertz CT molecular complexity index is 1390. The van der Waals surface area contributed by atoms with Gasteiger partial charge < -0.3 is 4.90 Å². The maximum absolute atomic E-state index is 13.9. The number of anilines is 2. The normalized spacial score (nSPS) is 13.8. The second kappa shape index (κ2) is 8.36. The largest absolute Gasteiger partial charge is 0.337 e. The maximum atomic E-state index is 13.9. The molecule has 0 radical (unpaired) electrons. The van der Waals surface area contributed by atoms with Crippen molar-refractivity contribution in [1.82, 2.24) is 0 Å². The van der Waals surface area contributed by atoms with Crippen LogP contribution in [0.3, 0.4) is 0 Å². The lowest BCUT2D eigenvalue weighted by molar-refractivity contribution is -0.120. The fourth-order valence-corrected chi connectivity index (χ4v) is 4.35. The van der Waals surface area contributed by atoms with Crippen molar-refractivity contribution in [3.8, 4) is 0 Å². The van der Waals surface area contributed by atoms with Crippen molar-refractivity contribution < 1.29 is 14.0 Å². The lowest BCUT2D eigenvalue weighted by atomic mass is 10.0. The minimum absolute atomic E-state index is 0.263. The lowest BCUT2D eigenvalue weighted by Crippen LogP contribution is -2.35. The highest BCUT2D eigenvalue weighted by atomic mass is 19.1. The molecule has 0 atom stereocenters. The number of nitrogens with zero attached hydrogens (tertiary/aromatic N) is 2. The number of rotatable bonds is 5. The Morgan fingerprint density at radius 3 is 2.15 bits per heavy atom. The van der Waals surface area contributed by atoms with Crippen molar-refractivity contribution >= 4 is 39.5 Å². The van der Waals surface area contributed by atoms with E-state index < -0.39 is 17.6 Å². The van der Waals surface area contributed by atoms with E-state index in [0.717, 1.165) is 16.5 Å². The average molecular weight is 436 g/mol. The summed E-state index contributed by atoms with van der Waals surface area (Å²) in [5.41, 5.74) is 2.38. The lowest BCUT2D eigenvalue weighted by Gasteiger charge is -2.25. The van der Waals surface area contributed by atoms with Gasteiger partial charge in [0, 0.05) is 17.6 Å². The number of halogens is 1. The summed E-state index contributed by atoms with van der Waals surface area (Å²) in [6, 6.07) is 28.4. The van der Waals surface area contributed by atoms with Crippen LogP contribution in [0.15, 0.2) is 103 Å². The van der Waals surface area contributed by atoms with Crippen molar-refractivity contribution in [2.24, 2.45) is 0 Å². The molecule has 0 spiro atoms. The minimum Gasteiger partial charge on any atom is -0.337 e. The van der Waals surface area contributed by atoms with Crippen LogP contribution in [0.4, 0.5) is 15.8 Å². The van der Waals surface area contributed by atoms with Crippen LogP contribution in [0.1, 0.15) is 12.5 Å². The van der Waals surface area contributed by atoms with Crippen LogP contribution in [0.2, 0.25) is 0 Å². The Kier molecular flexibility index (Phi) is 5.23. The number of benzene rings is 4. The van der Waals surface area contributed by atoms with Crippen LogP contribution in [-0.4, -0.2) is 18.4 Å². The van der Waals surface area contributed by atoms with Crippen molar-refractivity contribution in [2.75, 3.05) is 16.3 Å².